The molecule has 0 unspecified atom stereocenters. The third kappa shape index (κ3) is 12.8. The number of ether oxygens (including phenoxy) is 1. The standard InChI is InChI=1S/C32H57N3O7/c1-8-9-10-11-12-13-14-15-16-17-18-19-25(37)21(4)28-22(5)29(38)34-26(20(2)3)30(39)35-27(24(7)36)31(40)33-23(6)32(41)42-28/h20-22,24-28,36-37H,6,8-19H2,1-5,7H3,(H,33,40)(H,34,38)(H,35,39)/t21-,22-,24+,25-,26-,27+,28-/m0/s1. The summed E-state index contributed by atoms with van der Waals surface area (Å²) in [6.45, 7) is 13.9. The Morgan fingerprint density at radius 3 is 1.76 bits per heavy atom. The third-order valence-electron chi connectivity index (χ3n) is 8.21. The van der Waals surface area contributed by atoms with Crippen LogP contribution in [-0.4, -0.2) is 64.3 Å². The zero-order chi connectivity index (χ0) is 31.8. The molecule has 1 saturated heterocycles. The van der Waals surface area contributed by atoms with Crippen LogP contribution < -0.4 is 16.0 Å². The van der Waals surface area contributed by atoms with Crippen molar-refractivity contribution in [2.45, 2.75) is 149 Å². The molecule has 0 aliphatic carbocycles. The lowest BCUT2D eigenvalue weighted by molar-refractivity contribution is -0.157. The predicted molar refractivity (Wildman–Crippen MR) is 163 cm³/mol. The van der Waals surface area contributed by atoms with Crippen molar-refractivity contribution in [2.75, 3.05) is 0 Å². The normalized spacial score (nSPS) is 24.8. The maximum absolute atomic E-state index is 13.3. The molecule has 0 bridgehead atoms. The minimum Gasteiger partial charge on any atom is -0.457 e. The molecule has 0 aromatic heterocycles. The fraction of sp³-hybridized carbons (Fsp3) is 0.812. The largest absolute Gasteiger partial charge is 0.457 e. The van der Waals surface area contributed by atoms with Gasteiger partial charge in [0, 0.05) is 5.92 Å². The van der Waals surface area contributed by atoms with Crippen molar-refractivity contribution in [2.24, 2.45) is 17.8 Å². The van der Waals surface area contributed by atoms with Crippen LogP contribution in [0.2, 0.25) is 0 Å². The van der Waals surface area contributed by atoms with E-state index >= 15 is 0 Å². The molecule has 0 saturated carbocycles. The highest BCUT2D eigenvalue weighted by Gasteiger charge is 2.39. The summed E-state index contributed by atoms with van der Waals surface area (Å²) in [7, 11) is 0. The van der Waals surface area contributed by atoms with E-state index in [9.17, 15) is 29.4 Å². The Bertz CT molecular complexity index is 876. The second-order valence-electron chi connectivity index (χ2n) is 12.3. The van der Waals surface area contributed by atoms with Gasteiger partial charge >= 0.3 is 5.97 Å². The molecule has 42 heavy (non-hydrogen) atoms. The highest BCUT2D eigenvalue weighted by Crippen LogP contribution is 2.25. The number of aliphatic hydroxyl groups excluding tert-OH is 2. The molecule has 1 aliphatic heterocycles. The second-order valence-corrected chi connectivity index (χ2v) is 12.3. The van der Waals surface area contributed by atoms with E-state index in [0.29, 0.717) is 6.42 Å². The van der Waals surface area contributed by atoms with Gasteiger partial charge in [-0.2, -0.15) is 0 Å². The number of esters is 1. The predicted octanol–water partition coefficient (Wildman–Crippen LogP) is 3.88. The van der Waals surface area contributed by atoms with Crippen molar-refractivity contribution >= 4 is 23.7 Å². The SMILES string of the molecule is C=C1NC(=O)[C@@H]([C@@H](C)O)NC(=O)[C@H](C(C)C)NC(=O)[C@@H](C)[C@H]([C@@H](C)[C@@H](O)CCCCCCCCCCCCC)OC1=O. The first-order chi connectivity index (χ1) is 19.8. The van der Waals surface area contributed by atoms with Crippen LogP contribution in [0.25, 0.3) is 0 Å². The van der Waals surface area contributed by atoms with Gasteiger partial charge in [-0.3, -0.25) is 14.4 Å². The number of rotatable bonds is 16. The fourth-order valence-corrected chi connectivity index (χ4v) is 5.25. The smallest absolute Gasteiger partial charge is 0.354 e. The lowest BCUT2D eigenvalue weighted by atomic mass is 9.86. The molecule has 10 nitrogen and oxygen atoms in total. The number of aliphatic hydroxyl groups is 2. The number of nitrogens with one attached hydrogen (secondary N) is 3. The molecule has 5 N–H and O–H groups in total. The van der Waals surface area contributed by atoms with E-state index < -0.39 is 71.6 Å². The molecule has 10 heteroatoms. The minimum absolute atomic E-state index is 0.343. The number of unbranched alkanes of at least 4 members (excludes halogenated alkanes) is 10. The second kappa shape index (κ2) is 19.7. The number of hydrogen-bond donors (Lipinski definition) is 5. The number of cyclic esters (lactones) is 1. The van der Waals surface area contributed by atoms with E-state index in [4.69, 9.17) is 4.74 Å². The van der Waals surface area contributed by atoms with E-state index in [1.807, 2.05) is 0 Å². The summed E-state index contributed by atoms with van der Waals surface area (Å²) >= 11 is 0. The molecule has 1 rings (SSSR count). The van der Waals surface area contributed by atoms with Gasteiger partial charge in [-0.1, -0.05) is 112 Å². The monoisotopic (exact) mass is 595 g/mol. The molecule has 242 valence electrons. The van der Waals surface area contributed by atoms with Crippen LogP contribution in [0.1, 0.15) is 119 Å². The van der Waals surface area contributed by atoms with Gasteiger partial charge in [-0.25, -0.2) is 4.79 Å². The number of carbonyl (C=O) groups is 4. The van der Waals surface area contributed by atoms with Gasteiger partial charge in [0.2, 0.25) is 17.7 Å². The van der Waals surface area contributed by atoms with E-state index in [1.54, 1.807) is 27.7 Å². The average Bonchev–Trinajstić information content (AvgIpc) is 2.94. The Labute approximate surface area is 252 Å². The summed E-state index contributed by atoms with van der Waals surface area (Å²) in [5.74, 6) is -4.86. The molecule has 3 amide bonds. The van der Waals surface area contributed by atoms with Crippen LogP contribution in [0.15, 0.2) is 12.3 Å². The highest BCUT2D eigenvalue weighted by atomic mass is 16.5. The summed E-state index contributed by atoms with van der Waals surface area (Å²) in [4.78, 5) is 52.1. The zero-order valence-electron chi connectivity index (χ0n) is 26.7. The number of amides is 3. The van der Waals surface area contributed by atoms with E-state index in [2.05, 4.69) is 29.5 Å². The third-order valence-corrected chi connectivity index (χ3v) is 8.21. The van der Waals surface area contributed by atoms with Crippen molar-refractivity contribution in [3.8, 4) is 0 Å². The van der Waals surface area contributed by atoms with Crippen LogP contribution in [0, 0.1) is 17.8 Å². The Hall–Kier alpha value is -2.46. The van der Waals surface area contributed by atoms with Crippen molar-refractivity contribution < 1.29 is 34.1 Å². The van der Waals surface area contributed by atoms with Gasteiger partial charge < -0.3 is 30.9 Å². The van der Waals surface area contributed by atoms with Crippen molar-refractivity contribution in [1.29, 1.82) is 0 Å². The summed E-state index contributed by atoms with van der Waals surface area (Å²) in [6, 6.07) is -2.40. The quantitative estimate of drug-likeness (QED) is 0.103. The van der Waals surface area contributed by atoms with Crippen LogP contribution in [0.3, 0.4) is 0 Å². The van der Waals surface area contributed by atoms with Crippen molar-refractivity contribution in [1.82, 2.24) is 16.0 Å². The number of carbonyl (C=O) groups excluding carboxylic acids is 4. The highest BCUT2D eigenvalue weighted by molar-refractivity contribution is 5.98. The molecular weight excluding hydrogens is 538 g/mol. The molecule has 7 atom stereocenters. The lowest BCUT2D eigenvalue weighted by Gasteiger charge is -2.32. The zero-order valence-corrected chi connectivity index (χ0v) is 26.7. The van der Waals surface area contributed by atoms with E-state index in [1.165, 1.54) is 58.3 Å². The molecule has 0 aromatic rings. The fourth-order valence-electron chi connectivity index (χ4n) is 5.25. The molecule has 1 fully saturated rings. The Kier molecular flexibility index (Phi) is 17.6. The maximum atomic E-state index is 13.3. The first-order valence-corrected chi connectivity index (χ1v) is 16.0. The van der Waals surface area contributed by atoms with Gasteiger partial charge in [0.1, 0.15) is 23.9 Å². The van der Waals surface area contributed by atoms with Crippen LogP contribution in [-0.2, 0) is 23.9 Å². The van der Waals surface area contributed by atoms with Crippen LogP contribution >= 0.6 is 0 Å². The van der Waals surface area contributed by atoms with Crippen LogP contribution in [0.4, 0.5) is 0 Å². The summed E-state index contributed by atoms with van der Waals surface area (Å²) in [6.07, 6.45) is 10.4. The van der Waals surface area contributed by atoms with Gasteiger partial charge in [0.05, 0.1) is 18.1 Å². The Morgan fingerprint density at radius 2 is 1.26 bits per heavy atom. The Morgan fingerprint density at radius 1 is 0.762 bits per heavy atom. The molecular formula is C32H57N3O7. The first-order valence-electron chi connectivity index (χ1n) is 16.0. The van der Waals surface area contributed by atoms with Crippen molar-refractivity contribution in [3.05, 3.63) is 12.3 Å². The Balaban J connectivity index is 2.89. The van der Waals surface area contributed by atoms with Crippen molar-refractivity contribution in [3.63, 3.8) is 0 Å². The maximum Gasteiger partial charge on any atom is 0.354 e. The van der Waals surface area contributed by atoms with Gasteiger partial charge in [0.15, 0.2) is 0 Å². The number of hydrogen-bond acceptors (Lipinski definition) is 7. The summed E-state index contributed by atoms with van der Waals surface area (Å²) in [5.41, 5.74) is -0.399. The van der Waals surface area contributed by atoms with Crippen LogP contribution in [0.5, 0.6) is 0 Å². The van der Waals surface area contributed by atoms with Gasteiger partial charge in [-0.15, -0.1) is 0 Å². The molecule has 1 aliphatic rings. The van der Waals surface area contributed by atoms with Gasteiger partial charge in [-0.05, 0) is 19.3 Å². The van der Waals surface area contributed by atoms with E-state index in [0.717, 1.165) is 19.3 Å². The molecule has 0 aromatic carbocycles. The lowest BCUT2D eigenvalue weighted by Crippen LogP contribution is -2.58. The molecule has 0 radical (unpaired) electrons. The molecule has 1 heterocycles. The first kappa shape index (κ1) is 37.6. The molecule has 0 spiro atoms. The average molecular weight is 596 g/mol. The topological polar surface area (TPSA) is 154 Å². The van der Waals surface area contributed by atoms with E-state index in [-0.39, 0.29) is 5.92 Å². The summed E-state index contributed by atoms with van der Waals surface area (Å²) < 4.78 is 5.67. The minimum atomic E-state index is -1.39. The summed E-state index contributed by atoms with van der Waals surface area (Å²) in [5, 5.41) is 28.6. The van der Waals surface area contributed by atoms with Gasteiger partial charge in [0.25, 0.3) is 0 Å².